The van der Waals surface area contributed by atoms with Gasteiger partial charge in [0.2, 0.25) is 0 Å². The molecule has 3 heteroatoms. The van der Waals surface area contributed by atoms with Gasteiger partial charge in [-0.3, -0.25) is 4.79 Å². The van der Waals surface area contributed by atoms with Crippen LogP contribution >= 0.6 is 11.6 Å². The summed E-state index contributed by atoms with van der Waals surface area (Å²) in [4.78, 5) is 11.6. The fourth-order valence-electron chi connectivity index (χ4n) is 1.17. The van der Waals surface area contributed by atoms with Gasteiger partial charge < -0.3 is 5.32 Å². The zero-order valence-electron chi connectivity index (χ0n) is 8.66. The van der Waals surface area contributed by atoms with Gasteiger partial charge in [0.1, 0.15) is 0 Å². The van der Waals surface area contributed by atoms with E-state index in [0.29, 0.717) is 17.1 Å². The minimum absolute atomic E-state index is 0.0815. The number of hydrogen-bond donors (Lipinski definition) is 1. The van der Waals surface area contributed by atoms with Crippen molar-refractivity contribution in [3.8, 4) is 0 Å². The molecule has 0 saturated heterocycles. The van der Waals surface area contributed by atoms with Crippen LogP contribution in [0.2, 0.25) is 5.02 Å². The monoisotopic (exact) mass is 223 g/mol. The van der Waals surface area contributed by atoms with Gasteiger partial charge >= 0.3 is 0 Å². The Morgan fingerprint density at radius 2 is 2.33 bits per heavy atom. The second-order valence-electron chi connectivity index (χ2n) is 3.12. The number of benzene rings is 1. The molecule has 1 aromatic rings. The molecule has 0 fully saturated rings. The predicted molar refractivity (Wildman–Crippen MR) is 63.2 cm³/mol. The van der Waals surface area contributed by atoms with E-state index in [1.807, 2.05) is 19.1 Å². The van der Waals surface area contributed by atoms with E-state index in [2.05, 4.69) is 5.32 Å². The highest BCUT2D eigenvalue weighted by Gasteiger charge is 2.03. The molecule has 0 radical (unpaired) electrons. The van der Waals surface area contributed by atoms with Crippen LogP contribution in [0.15, 0.2) is 36.4 Å². The van der Waals surface area contributed by atoms with Crippen molar-refractivity contribution in [3.05, 3.63) is 47.0 Å². The van der Waals surface area contributed by atoms with Crippen molar-refractivity contribution in [1.29, 1.82) is 0 Å². The predicted octanol–water partition coefficient (Wildman–Crippen LogP) is 3.04. The molecule has 0 spiro atoms. The van der Waals surface area contributed by atoms with Gasteiger partial charge in [0, 0.05) is 17.1 Å². The quantitative estimate of drug-likeness (QED) is 0.617. The number of rotatable bonds is 4. The number of hydrogen-bond acceptors (Lipinski definition) is 1. The van der Waals surface area contributed by atoms with E-state index in [1.165, 1.54) is 0 Å². The van der Waals surface area contributed by atoms with Gasteiger partial charge in [-0.1, -0.05) is 29.8 Å². The molecule has 0 aliphatic carbocycles. The Bertz CT molecular complexity index is 360. The van der Waals surface area contributed by atoms with Crippen molar-refractivity contribution in [2.75, 3.05) is 6.54 Å². The largest absolute Gasteiger partial charge is 0.352 e. The highest BCUT2D eigenvalue weighted by Crippen LogP contribution is 2.10. The molecule has 0 aliphatic rings. The summed E-state index contributed by atoms with van der Waals surface area (Å²) in [5.41, 5.74) is 0.600. The lowest BCUT2D eigenvalue weighted by molar-refractivity contribution is 0.0954. The fraction of sp³-hybridized carbons (Fsp3) is 0.250. The molecule has 0 aliphatic heterocycles. The summed E-state index contributed by atoms with van der Waals surface area (Å²) < 4.78 is 0. The molecule has 80 valence electrons. The Morgan fingerprint density at radius 1 is 1.53 bits per heavy atom. The Kier molecular flexibility index (Phi) is 4.91. The maximum Gasteiger partial charge on any atom is 0.251 e. The van der Waals surface area contributed by atoms with Crippen LogP contribution in [-0.4, -0.2) is 12.5 Å². The first-order valence-corrected chi connectivity index (χ1v) is 5.26. The average Bonchev–Trinajstić information content (AvgIpc) is 2.24. The van der Waals surface area contributed by atoms with Gasteiger partial charge in [0.25, 0.3) is 5.91 Å². The van der Waals surface area contributed by atoms with Crippen LogP contribution in [-0.2, 0) is 0 Å². The molecule has 0 atom stereocenters. The molecule has 1 amide bonds. The molecule has 1 N–H and O–H groups in total. The average molecular weight is 224 g/mol. The molecule has 2 nitrogen and oxygen atoms in total. The third kappa shape index (κ3) is 4.17. The molecule has 15 heavy (non-hydrogen) atoms. The number of halogens is 1. The molecule has 0 aromatic heterocycles. The van der Waals surface area contributed by atoms with Crippen molar-refractivity contribution in [2.45, 2.75) is 13.3 Å². The molecule has 1 rings (SSSR count). The number of nitrogens with one attached hydrogen (secondary N) is 1. The first kappa shape index (κ1) is 11.8. The van der Waals surface area contributed by atoms with E-state index in [-0.39, 0.29) is 5.91 Å². The molecule has 0 saturated carbocycles. The smallest absolute Gasteiger partial charge is 0.251 e. The van der Waals surface area contributed by atoms with Gasteiger partial charge in [0.15, 0.2) is 0 Å². The lowest BCUT2D eigenvalue weighted by Crippen LogP contribution is -2.23. The molecular weight excluding hydrogens is 210 g/mol. The van der Waals surface area contributed by atoms with Crippen LogP contribution < -0.4 is 5.32 Å². The van der Waals surface area contributed by atoms with E-state index in [0.717, 1.165) is 6.42 Å². The Morgan fingerprint density at radius 3 is 3.00 bits per heavy atom. The first-order valence-electron chi connectivity index (χ1n) is 4.89. The summed E-state index contributed by atoms with van der Waals surface area (Å²) in [5, 5.41) is 3.39. The standard InChI is InChI=1S/C12H14ClNO/c1-2-3-4-8-14-12(15)10-6-5-7-11(13)9-10/h2-3,5-7,9H,4,8H2,1H3,(H,14,15)/b3-2+. The zero-order chi connectivity index (χ0) is 11.1. The molecule has 0 bridgehead atoms. The maximum absolute atomic E-state index is 11.6. The SMILES string of the molecule is C/C=C/CCNC(=O)c1cccc(Cl)c1. The first-order chi connectivity index (χ1) is 7.24. The van der Waals surface area contributed by atoms with Crippen molar-refractivity contribution in [3.63, 3.8) is 0 Å². The van der Waals surface area contributed by atoms with Crippen LogP contribution in [0.3, 0.4) is 0 Å². The summed E-state index contributed by atoms with van der Waals surface area (Å²) in [7, 11) is 0. The van der Waals surface area contributed by atoms with Gasteiger partial charge in [-0.2, -0.15) is 0 Å². The van der Waals surface area contributed by atoms with Gasteiger partial charge in [-0.05, 0) is 31.5 Å². The van der Waals surface area contributed by atoms with Gasteiger partial charge in [-0.15, -0.1) is 0 Å². The maximum atomic E-state index is 11.6. The highest BCUT2D eigenvalue weighted by atomic mass is 35.5. The third-order valence-electron chi connectivity index (χ3n) is 1.92. The summed E-state index contributed by atoms with van der Waals surface area (Å²) >= 11 is 5.78. The van der Waals surface area contributed by atoms with E-state index < -0.39 is 0 Å². The number of allylic oxidation sites excluding steroid dienone is 1. The van der Waals surface area contributed by atoms with Crippen molar-refractivity contribution in [2.24, 2.45) is 0 Å². The molecular formula is C12H14ClNO. The fourth-order valence-corrected chi connectivity index (χ4v) is 1.36. The summed E-state index contributed by atoms with van der Waals surface area (Å²) in [6.45, 7) is 2.61. The van der Waals surface area contributed by atoms with Crippen molar-refractivity contribution >= 4 is 17.5 Å². The number of carbonyl (C=O) groups is 1. The topological polar surface area (TPSA) is 29.1 Å². The van der Waals surface area contributed by atoms with Crippen molar-refractivity contribution < 1.29 is 4.79 Å². The van der Waals surface area contributed by atoms with Gasteiger partial charge in [-0.25, -0.2) is 0 Å². The molecule has 0 heterocycles. The van der Waals surface area contributed by atoms with Crippen LogP contribution in [0, 0.1) is 0 Å². The van der Waals surface area contributed by atoms with Gasteiger partial charge in [0.05, 0.1) is 0 Å². The third-order valence-corrected chi connectivity index (χ3v) is 2.15. The lowest BCUT2D eigenvalue weighted by atomic mass is 10.2. The lowest BCUT2D eigenvalue weighted by Gasteiger charge is -2.03. The van der Waals surface area contributed by atoms with Crippen LogP contribution in [0.5, 0.6) is 0 Å². The van der Waals surface area contributed by atoms with E-state index in [1.54, 1.807) is 24.3 Å². The van der Waals surface area contributed by atoms with E-state index >= 15 is 0 Å². The summed E-state index contributed by atoms with van der Waals surface area (Å²) in [6.07, 6.45) is 4.83. The minimum Gasteiger partial charge on any atom is -0.352 e. The second-order valence-corrected chi connectivity index (χ2v) is 3.56. The number of amides is 1. The molecule has 1 aromatic carbocycles. The second kappa shape index (κ2) is 6.25. The summed E-state index contributed by atoms with van der Waals surface area (Å²) in [5.74, 6) is -0.0815. The Hall–Kier alpha value is -1.28. The zero-order valence-corrected chi connectivity index (χ0v) is 9.42. The Balaban J connectivity index is 2.47. The minimum atomic E-state index is -0.0815. The molecule has 0 unspecified atom stereocenters. The van der Waals surface area contributed by atoms with Crippen LogP contribution in [0.25, 0.3) is 0 Å². The van der Waals surface area contributed by atoms with E-state index in [4.69, 9.17) is 11.6 Å². The van der Waals surface area contributed by atoms with Crippen LogP contribution in [0.1, 0.15) is 23.7 Å². The van der Waals surface area contributed by atoms with Crippen LogP contribution in [0.4, 0.5) is 0 Å². The summed E-state index contributed by atoms with van der Waals surface area (Å²) in [6, 6.07) is 6.92. The van der Waals surface area contributed by atoms with Crippen molar-refractivity contribution in [1.82, 2.24) is 5.32 Å². The van der Waals surface area contributed by atoms with E-state index in [9.17, 15) is 4.79 Å². The Labute approximate surface area is 94.9 Å². The highest BCUT2D eigenvalue weighted by molar-refractivity contribution is 6.30. The normalized spacial score (nSPS) is 10.5. The number of carbonyl (C=O) groups excluding carboxylic acids is 1.